The van der Waals surface area contributed by atoms with Crippen molar-refractivity contribution in [2.45, 2.75) is 38.6 Å². The van der Waals surface area contributed by atoms with Crippen LogP contribution in [0.15, 0.2) is 0 Å². The van der Waals surface area contributed by atoms with Gasteiger partial charge in [-0.05, 0) is 19.3 Å². The van der Waals surface area contributed by atoms with E-state index in [1.54, 1.807) is 0 Å². The Morgan fingerprint density at radius 3 is 2.71 bits per heavy atom. The molecule has 0 aromatic rings. The molecule has 1 aliphatic heterocycles. The molecule has 1 atom stereocenters. The summed E-state index contributed by atoms with van der Waals surface area (Å²) in [6.07, 6.45) is 9.40. The lowest BCUT2D eigenvalue weighted by atomic mass is 10.2. The van der Waals surface area contributed by atoms with Gasteiger partial charge in [-0.15, -0.1) is 6.42 Å². The van der Waals surface area contributed by atoms with Gasteiger partial charge in [0.15, 0.2) is 0 Å². The lowest BCUT2D eigenvalue weighted by Crippen LogP contribution is -2.43. The molecule has 1 fully saturated rings. The molecule has 0 saturated carbocycles. The minimum atomic E-state index is -0.104. The third-order valence-corrected chi connectivity index (χ3v) is 2.47. The van der Waals surface area contributed by atoms with E-state index in [0.717, 1.165) is 38.8 Å². The molecule has 3 heteroatoms. The first-order valence-electron chi connectivity index (χ1n) is 5.29. The average molecular weight is 194 g/mol. The molecular formula is C11H18N2O. The topological polar surface area (TPSA) is 32.3 Å². The maximum absolute atomic E-state index is 11.6. The van der Waals surface area contributed by atoms with Gasteiger partial charge in [-0.25, -0.2) is 4.79 Å². The second-order valence-corrected chi connectivity index (χ2v) is 3.65. The smallest absolute Gasteiger partial charge is 0.318 e. The SMILES string of the molecule is C#CC(CCC)NC(=O)N1CCCC1. The molecule has 1 rings (SSSR count). The Hall–Kier alpha value is -1.17. The van der Waals surface area contributed by atoms with Crippen molar-refractivity contribution in [3.8, 4) is 12.3 Å². The van der Waals surface area contributed by atoms with Crippen LogP contribution >= 0.6 is 0 Å². The zero-order valence-electron chi connectivity index (χ0n) is 8.75. The van der Waals surface area contributed by atoms with Gasteiger partial charge in [0.25, 0.3) is 0 Å². The van der Waals surface area contributed by atoms with Crippen LogP contribution in [0.4, 0.5) is 4.79 Å². The maximum Gasteiger partial charge on any atom is 0.318 e. The number of rotatable bonds is 3. The van der Waals surface area contributed by atoms with Gasteiger partial charge < -0.3 is 10.2 Å². The molecular weight excluding hydrogens is 176 g/mol. The number of hydrogen-bond donors (Lipinski definition) is 1. The van der Waals surface area contributed by atoms with E-state index in [9.17, 15) is 4.79 Å². The molecule has 3 nitrogen and oxygen atoms in total. The van der Waals surface area contributed by atoms with E-state index in [0.29, 0.717) is 0 Å². The number of hydrogen-bond acceptors (Lipinski definition) is 1. The summed E-state index contributed by atoms with van der Waals surface area (Å²) in [5.74, 6) is 2.60. The Kier molecular flexibility index (Phi) is 4.31. The van der Waals surface area contributed by atoms with E-state index in [2.05, 4.69) is 18.2 Å². The van der Waals surface area contributed by atoms with Crippen molar-refractivity contribution in [1.29, 1.82) is 0 Å². The number of nitrogens with one attached hydrogen (secondary N) is 1. The first-order valence-corrected chi connectivity index (χ1v) is 5.29. The largest absolute Gasteiger partial charge is 0.325 e. The Labute approximate surface area is 85.9 Å². The fourth-order valence-corrected chi connectivity index (χ4v) is 1.65. The molecule has 0 spiro atoms. The van der Waals surface area contributed by atoms with Crippen molar-refractivity contribution in [2.24, 2.45) is 0 Å². The number of amides is 2. The summed E-state index contributed by atoms with van der Waals surface area (Å²) in [6, 6.07) is -0.105. The number of nitrogens with zero attached hydrogens (tertiary/aromatic N) is 1. The van der Waals surface area contributed by atoms with Crippen LogP contribution in [0.5, 0.6) is 0 Å². The quantitative estimate of drug-likeness (QED) is 0.680. The second-order valence-electron chi connectivity index (χ2n) is 3.65. The lowest BCUT2D eigenvalue weighted by Gasteiger charge is -2.19. The van der Waals surface area contributed by atoms with Gasteiger partial charge >= 0.3 is 6.03 Å². The summed E-state index contributed by atoms with van der Waals surface area (Å²) >= 11 is 0. The van der Waals surface area contributed by atoms with Crippen molar-refractivity contribution in [3.05, 3.63) is 0 Å². The number of carbonyl (C=O) groups excluding carboxylic acids is 1. The standard InChI is InChI=1S/C11H18N2O/c1-3-7-10(4-2)12-11(14)13-8-5-6-9-13/h2,10H,3,5-9H2,1H3,(H,12,14). The fourth-order valence-electron chi connectivity index (χ4n) is 1.65. The molecule has 1 N–H and O–H groups in total. The highest BCUT2D eigenvalue weighted by Crippen LogP contribution is 2.07. The van der Waals surface area contributed by atoms with Gasteiger partial charge in [0, 0.05) is 13.1 Å². The van der Waals surface area contributed by atoms with Crippen LogP contribution in [0.3, 0.4) is 0 Å². The van der Waals surface area contributed by atoms with Crippen molar-refractivity contribution >= 4 is 6.03 Å². The van der Waals surface area contributed by atoms with Gasteiger partial charge in [0.05, 0.1) is 6.04 Å². The van der Waals surface area contributed by atoms with Gasteiger partial charge in [0.2, 0.25) is 0 Å². The molecule has 1 unspecified atom stereocenters. The monoisotopic (exact) mass is 194 g/mol. The van der Waals surface area contributed by atoms with Gasteiger partial charge in [0.1, 0.15) is 0 Å². The molecule has 0 aromatic carbocycles. The minimum absolute atomic E-state index is 0.00102. The Bertz CT molecular complexity index is 226. The first kappa shape index (κ1) is 10.9. The highest BCUT2D eigenvalue weighted by Gasteiger charge is 2.19. The van der Waals surface area contributed by atoms with Crippen LogP contribution in [0.2, 0.25) is 0 Å². The number of terminal acetylenes is 1. The molecule has 0 aliphatic carbocycles. The molecule has 2 amide bonds. The summed E-state index contributed by atoms with van der Waals surface area (Å²) in [7, 11) is 0. The van der Waals surface area contributed by atoms with Crippen LogP contribution in [-0.2, 0) is 0 Å². The fraction of sp³-hybridized carbons (Fsp3) is 0.727. The van der Waals surface area contributed by atoms with Crippen LogP contribution in [0, 0.1) is 12.3 Å². The van der Waals surface area contributed by atoms with Crippen molar-refractivity contribution in [1.82, 2.24) is 10.2 Å². The zero-order valence-corrected chi connectivity index (χ0v) is 8.75. The Morgan fingerprint density at radius 2 is 2.21 bits per heavy atom. The van der Waals surface area contributed by atoms with Crippen molar-refractivity contribution in [2.75, 3.05) is 13.1 Å². The van der Waals surface area contributed by atoms with Gasteiger partial charge in [-0.1, -0.05) is 19.3 Å². The van der Waals surface area contributed by atoms with E-state index >= 15 is 0 Å². The second kappa shape index (κ2) is 5.54. The predicted molar refractivity (Wildman–Crippen MR) is 56.9 cm³/mol. The lowest BCUT2D eigenvalue weighted by molar-refractivity contribution is 0.206. The molecule has 1 saturated heterocycles. The third kappa shape index (κ3) is 2.95. The van der Waals surface area contributed by atoms with E-state index in [4.69, 9.17) is 6.42 Å². The molecule has 1 heterocycles. The van der Waals surface area contributed by atoms with Crippen molar-refractivity contribution in [3.63, 3.8) is 0 Å². The molecule has 78 valence electrons. The van der Waals surface area contributed by atoms with E-state index in [-0.39, 0.29) is 12.1 Å². The molecule has 0 radical (unpaired) electrons. The van der Waals surface area contributed by atoms with E-state index < -0.39 is 0 Å². The summed E-state index contributed by atoms with van der Waals surface area (Å²) in [5.41, 5.74) is 0. The van der Waals surface area contributed by atoms with Gasteiger partial charge in [-0.2, -0.15) is 0 Å². The van der Waals surface area contributed by atoms with Crippen LogP contribution in [-0.4, -0.2) is 30.1 Å². The van der Waals surface area contributed by atoms with E-state index in [1.165, 1.54) is 0 Å². The summed E-state index contributed by atoms with van der Waals surface area (Å²) in [5, 5.41) is 2.86. The predicted octanol–water partition coefficient (Wildman–Crippen LogP) is 1.59. The highest BCUT2D eigenvalue weighted by atomic mass is 16.2. The molecule has 0 bridgehead atoms. The summed E-state index contributed by atoms with van der Waals surface area (Å²) < 4.78 is 0. The number of urea groups is 1. The first-order chi connectivity index (χ1) is 6.77. The van der Waals surface area contributed by atoms with Crippen LogP contribution in [0.25, 0.3) is 0 Å². The molecule has 1 aliphatic rings. The number of likely N-dealkylation sites (tertiary alicyclic amines) is 1. The van der Waals surface area contributed by atoms with Crippen LogP contribution in [0.1, 0.15) is 32.6 Å². The zero-order chi connectivity index (χ0) is 10.4. The average Bonchev–Trinajstić information content (AvgIpc) is 2.69. The Balaban J connectivity index is 2.34. The maximum atomic E-state index is 11.6. The summed E-state index contributed by atoms with van der Waals surface area (Å²) in [4.78, 5) is 13.4. The normalized spacial score (nSPS) is 17.6. The van der Waals surface area contributed by atoms with Crippen molar-refractivity contribution < 1.29 is 4.79 Å². The third-order valence-electron chi connectivity index (χ3n) is 2.47. The highest BCUT2D eigenvalue weighted by molar-refractivity contribution is 5.75. The summed E-state index contributed by atoms with van der Waals surface area (Å²) in [6.45, 7) is 3.80. The Morgan fingerprint density at radius 1 is 1.57 bits per heavy atom. The van der Waals surface area contributed by atoms with E-state index in [1.807, 2.05) is 4.90 Å². The number of carbonyl (C=O) groups is 1. The van der Waals surface area contributed by atoms with Gasteiger partial charge in [-0.3, -0.25) is 0 Å². The van der Waals surface area contributed by atoms with Crippen LogP contribution < -0.4 is 5.32 Å². The minimum Gasteiger partial charge on any atom is -0.325 e. The molecule has 0 aromatic heterocycles. The molecule has 14 heavy (non-hydrogen) atoms.